The van der Waals surface area contributed by atoms with Crippen molar-refractivity contribution in [2.75, 3.05) is 11.9 Å². The van der Waals surface area contributed by atoms with Gasteiger partial charge in [0.15, 0.2) is 5.11 Å². The quantitative estimate of drug-likeness (QED) is 0.221. The molecule has 0 atom stereocenters. The number of benzene rings is 4. The average molecular weight is 562 g/mol. The van der Waals surface area contributed by atoms with Gasteiger partial charge in [-0.2, -0.15) is 0 Å². The zero-order chi connectivity index (χ0) is 25.2. The van der Waals surface area contributed by atoms with Gasteiger partial charge in [-0.1, -0.05) is 88.7 Å². The normalized spacial score (nSPS) is 10.4. The second-order valence-corrected chi connectivity index (χ2v) is 9.23. The number of carbonyl (C=O) groups excluding carboxylic acids is 1. The van der Waals surface area contributed by atoms with Crippen LogP contribution in [0.5, 0.6) is 11.5 Å². The third kappa shape index (κ3) is 7.41. The van der Waals surface area contributed by atoms with Gasteiger partial charge < -0.3 is 14.8 Å². The zero-order valence-corrected chi connectivity index (χ0v) is 21.8. The van der Waals surface area contributed by atoms with Crippen molar-refractivity contribution in [3.05, 3.63) is 124 Å². The van der Waals surface area contributed by atoms with Crippen LogP contribution in [-0.2, 0) is 13.0 Å². The second-order valence-electron chi connectivity index (χ2n) is 7.90. The maximum absolute atomic E-state index is 13.1. The number of hydrogen-bond donors (Lipinski definition) is 2. The SMILES string of the molecule is O=C(NC(=S)Nc1ccccc1OCc1ccccc1)c1cc(Br)ccc1OCCc1ccccc1. The van der Waals surface area contributed by atoms with Crippen LogP contribution >= 0.6 is 28.1 Å². The minimum Gasteiger partial charge on any atom is -0.492 e. The summed E-state index contributed by atoms with van der Waals surface area (Å²) in [6, 6.07) is 32.7. The van der Waals surface area contributed by atoms with Crippen LogP contribution in [0.1, 0.15) is 21.5 Å². The van der Waals surface area contributed by atoms with Gasteiger partial charge in [-0.25, -0.2) is 0 Å². The maximum Gasteiger partial charge on any atom is 0.261 e. The highest BCUT2D eigenvalue weighted by molar-refractivity contribution is 9.10. The lowest BCUT2D eigenvalue weighted by atomic mass is 10.1. The fourth-order valence-corrected chi connectivity index (χ4v) is 4.05. The first-order chi connectivity index (χ1) is 17.6. The van der Waals surface area contributed by atoms with E-state index < -0.39 is 0 Å². The van der Waals surface area contributed by atoms with Gasteiger partial charge in [-0.15, -0.1) is 0 Å². The largest absolute Gasteiger partial charge is 0.492 e. The second kappa shape index (κ2) is 12.9. The number of para-hydroxylation sites is 2. The lowest BCUT2D eigenvalue weighted by molar-refractivity contribution is 0.0973. The molecule has 0 saturated carbocycles. The van der Waals surface area contributed by atoms with Crippen molar-refractivity contribution >= 4 is 44.9 Å². The molecule has 36 heavy (non-hydrogen) atoms. The first-order valence-electron chi connectivity index (χ1n) is 11.4. The Labute approximate surface area is 224 Å². The van der Waals surface area contributed by atoms with Crippen molar-refractivity contribution in [2.24, 2.45) is 0 Å². The Morgan fingerprint density at radius 3 is 2.19 bits per heavy atom. The number of hydrogen-bond acceptors (Lipinski definition) is 4. The van der Waals surface area contributed by atoms with E-state index in [-0.39, 0.29) is 11.0 Å². The van der Waals surface area contributed by atoms with Gasteiger partial charge in [0, 0.05) is 10.9 Å². The van der Waals surface area contributed by atoms with Crippen molar-refractivity contribution < 1.29 is 14.3 Å². The number of nitrogens with one attached hydrogen (secondary N) is 2. The molecular formula is C29H25BrN2O3S. The first kappa shape index (κ1) is 25.4. The molecule has 0 aliphatic rings. The topological polar surface area (TPSA) is 59.6 Å². The molecule has 4 aromatic carbocycles. The summed E-state index contributed by atoms with van der Waals surface area (Å²) in [5.74, 6) is 0.748. The van der Waals surface area contributed by atoms with Gasteiger partial charge in [-0.05, 0) is 53.7 Å². The molecule has 1 amide bonds. The van der Waals surface area contributed by atoms with Crippen molar-refractivity contribution in [2.45, 2.75) is 13.0 Å². The van der Waals surface area contributed by atoms with Gasteiger partial charge in [0.2, 0.25) is 0 Å². The Hall–Kier alpha value is -3.68. The lowest BCUT2D eigenvalue weighted by Crippen LogP contribution is -2.34. The van der Waals surface area contributed by atoms with Crippen molar-refractivity contribution in [1.29, 1.82) is 0 Å². The summed E-state index contributed by atoms with van der Waals surface area (Å²) in [6.07, 6.45) is 0.734. The standard InChI is InChI=1S/C29H25BrN2O3S/c30-23-15-16-26(34-18-17-21-9-3-1-4-10-21)24(19-23)28(33)32-29(36)31-25-13-7-8-14-27(25)35-20-22-11-5-2-6-12-22/h1-16,19H,17-18,20H2,(H2,31,32,33,36). The van der Waals surface area contributed by atoms with Crippen LogP contribution in [0.25, 0.3) is 0 Å². The highest BCUT2D eigenvalue weighted by atomic mass is 79.9. The highest BCUT2D eigenvalue weighted by Gasteiger charge is 2.16. The number of ether oxygens (including phenoxy) is 2. The fraction of sp³-hybridized carbons (Fsp3) is 0.103. The zero-order valence-electron chi connectivity index (χ0n) is 19.4. The number of thiocarbonyl (C=S) groups is 1. The van der Waals surface area contributed by atoms with Crippen LogP contribution < -0.4 is 20.1 Å². The van der Waals surface area contributed by atoms with E-state index in [9.17, 15) is 4.79 Å². The predicted molar refractivity (Wildman–Crippen MR) is 151 cm³/mol. The molecule has 182 valence electrons. The Morgan fingerprint density at radius 2 is 1.44 bits per heavy atom. The molecule has 0 aromatic heterocycles. The molecule has 0 aliphatic heterocycles. The predicted octanol–water partition coefficient (Wildman–Crippen LogP) is 6.78. The molecule has 0 fully saturated rings. The molecule has 0 bridgehead atoms. The van der Waals surface area contributed by atoms with Gasteiger partial charge >= 0.3 is 0 Å². The fourth-order valence-electron chi connectivity index (χ4n) is 3.48. The van der Waals surface area contributed by atoms with Gasteiger partial charge in [0.1, 0.15) is 18.1 Å². The summed E-state index contributed by atoms with van der Waals surface area (Å²) < 4.78 is 12.7. The molecule has 0 aliphatic carbocycles. The van der Waals surface area contributed by atoms with Crippen LogP contribution in [0.2, 0.25) is 0 Å². The number of anilines is 1. The number of rotatable bonds is 9. The molecule has 2 N–H and O–H groups in total. The molecular weight excluding hydrogens is 536 g/mol. The minimum atomic E-state index is -0.369. The molecule has 4 aromatic rings. The third-order valence-electron chi connectivity index (χ3n) is 5.28. The van der Waals surface area contributed by atoms with Gasteiger partial charge in [0.25, 0.3) is 5.91 Å². The van der Waals surface area contributed by atoms with E-state index in [0.29, 0.717) is 36.0 Å². The molecule has 5 nitrogen and oxygen atoms in total. The van der Waals surface area contributed by atoms with E-state index in [1.165, 1.54) is 5.56 Å². The minimum absolute atomic E-state index is 0.158. The van der Waals surface area contributed by atoms with Crippen LogP contribution in [0, 0.1) is 0 Å². The lowest BCUT2D eigenvalue weighted by Gasteiger charge is -2.16. The molecule has 7 heteroatoms. The summed E-state index contributed by atoms with van der Waals surface area (Å²) in [5, 5.41) is 5.97. The van der Waals surface area contributed by atoms with Crippen molar-refractivity contribution in [3.63, 3.8) is 0 Å². The van der Waals surface area contributed by atoms with Crippen LogP contribution in [0.3, 0.4) is 0 Å². The summed E-state index contributed by atoms with van der Waals surface area (Å²) in [7, 11) is 0. The molecule has 0 saturated heterocycles. The van der Waals surface area contributed by atoms with Crippen LogP contribution in [-0.4, -0.2) is 17.6 Å². The molecule has 0 radical (unpaired) electrons. The average Bonchev–Trinajstić information content (AvgIpc) is 2.90. The summed E-state index contributed by atoms with van der Waals surface area (Å²) in [6.45, 7) is 0.862. The third-order valence-corrected chi connectivity index (χ3v) is 5.97. The van der Waals surface area contributed by atoms with Crippen molar-refractivity contribution in [1.82, 2.24) is 5.32 Å². The summed E-state index contributed by atoms with van der Waals surface area (Å²) >= 11 is 8.86. The number of carbonyl (C=O) groups is 1. The molecule has 0 spiro atoms. The van der Waals surface area contributed by atoms with Crippen molar-refractivity contribution in [3.8, 4) is 11.5 Å². The first-order valence-corrected chi connectivity index (χ1v) is 12.6. The van der Waals surface area contributed by atoms with Crippen LogP contribution in [0.15, 0.2) is 108 Å². The summed E-state index contributed by atoms with van der Waals surface area (Å²) in [5.41, 5.74) is 3.26. The van der Waals surface area contributed by atoms with E-state index in [0.717, 1.165) is 16.5 Å². The molecule has 0 heterocycles. The van der Waals surface area contributed by atoms with Gasteiger partial charge in [-0.3, -0.25) is 10.1 Å². The van der Waals surface area contributed by atoms with E-state index in [1.807, 2.05) is 91.0 Å². The Balaban J connectivity index is 1.38. The monoisotopic (exact) mass is 560 g/mol. The number of halogens is 1. The van der Waals surface area contributed by atoms with E-state index >= 15 is 0 Å². The highest BCUT2D eigenvalue weighted by Crippen LogP contribution is 2.26. The Bertz CT molecular complexity index is 1320. The number of amides is 1. The van der Waals surface area contributed by atoms with Gasteiger partial charge in [0.05, 0.1) is 17.9 Å². The van der Waals surface area contributed by atoms with Crippen LogP contribution in [0.4, 0.5) is 5.69 Å². The smallest absolute Gasteiger partial charge is 0.261 e. The summed E-state index contributed by atoms with van der Waals surface area (Å²) in [4.78, 5) is 13.1. The Morgan fingerprint density at radius 1 is 0.778 bits per heavy atom. The van der Waals surface area contributed by atoms with E-state index in [2.05, 4.69) is 26.6 Å². The molecule has 4 rings (SSSR count). The molecule has 0 unspecified atom stereocenters. The Kier molecular flexibility index (Phi) is 9.08. The van der Waals surface area contributed by atoms with E-state index in [1.54, 1.807) is 12.1 Å². The maximum atomic E-state index is 13.1. The van der Waals surface area contributed by atoms with E-state index in [4.69, 9.17) is 21.7 Å².